The van der Waals surface area contributed by atoms with E-state index < -0.39 is 0 Å². The molecule has 0 unspecified atom stereocenters. The Kier molecular flexibility index (Phi) is 3.83. The lowest BCUT2D eigenvalue weighted by atomic mass is 11.1. The topological polar surface area (TPSA) is 90.2 Å². The van der Waals surface area contributed by atoms with E-state index in [9.17, 15) is 0 Å². The van der Waals surface area contributed by atoms with Crippen molar-refractivity contribution in [2.24, 2.45) is 0 Å². The summed E-state index contributed by atoms with van der Waals surface area (Å²) in [5, 5.41) is 13.4. The van der Waals surface area contributed by atoms with Crippen molar-refractivity contribution >= 4 is 0 Å². The second-order valence-corrected chi connectivity index (χ2v) is 1.49. The van der Waals surface area contributed by atoms with Crippen LogP contribution < -0.4 is 0 Å². The second kappa shape index (κ2) is 5.71. The molecule has 0 atom stereocenters. The van der Waals surface area contributed by atoms with Crippen LogP contribution in [0.2, 0.25) is 0 Å². The van der Waals surface area contributed by atoms with Gasteiger partial charge in [-0.2, -0.15) is 0 Å². The molecule has 2 rings (SSSR count). The van der Waals surface area contributed by atoms with Crippen molar-refractivity contribution in [3.8, 4) is 0 Å². The molecule has 0 spiro atoms. The van der Waals surface area contributed by atoms with Crippen LogP contribution in [-0.2, 0) is 0 Å². The summed E-state index contributed by atoms with van der Waals surface area (Å²) in [6.07, 6.45) is 6.87. The largest absolute Gasteiger partial charge is 0.225 e. The van der Waals surface area contributed by atoms with E-state index >= 15 is 0 Å². The molecular weight excluding hydrogens is 158 g/mol. The molecule has 0 aliphatic rings. The summed E-state index contributed by atoms with van der Waals surface area (Å²) in [6, 6.07) is 0. The molecule has 12 heavy (non-hydrogen) atoms. The van der Waals surface area contributed by atoms with Gasteiger partial charge in [0.15, 0.2) is 12.7 Å². The zero-order valence-corrected chi connectivity index (χ0v) is 6.02. The maximum Gasteiger partial charge on any atom is 0.160 e. The van der Waals surface area contributed by atoms with Crippen LogP contribution in [0.4, 0.5) is 0 Å². The molecule has 0 bridgehead atoms. The summed E-state index contributed by atoms with van der Waals surface area (Å²) in [6.45, 7) is 0. The molecule has 0 fully saturated rings. The molecule has 7 nitrogen and oxygen atoms in total. The lowest BCUT2D eigenvalue weighted by molar-refractivity contribution is 0.853. The molecule has 0 aromatic carbocycles. The summed E-state index contributed by atoms with van der Waals surface area (Å²) in [5.74, 6) is 0. The van der Waals surface area contributed by atoms with E-state index in [1.54, 1.807) is 0 Å². The normalized spacial score (nSPS) is 8.00. The van der Waals surface area contributed by atoms with Crippen LogP contribution in [0.25, 0.3) is 0 Å². The summed E-state index contributed by atoms with van der Waals surface area (Å²) >= 11 is 0. The van der Waals surface area contributed by atoms with E-state index in [1.165, 1.54) is 31.6 Å². The Bertz CT molecular complexity index is 187. The molecule has 7 heteroatoms. The number of hydrogen-bond donors (Lipinski definition) is 0. The Balaban J connectivity index is 0.000000120. The van der Waals surface area contributed by atoms with Crippen LogP contribution in [0.15, 0.2) is 31.6 Å². The average molecular weight is 163 g/mol. The average Bonchev–Trinajstić information content (AvgIpc) is 2.24. The first kappa shape index (κ1) is 8.05. The van der Waals surface area contributed by atoms with Gasteiger partial charge in [0.1, 0.15) is 19.0 Å². The van der Waals surface area contributed by atoms with Gasteiger partial charge in [-0.05, 0) is 0 Å². The maximum atomic E-state index is 3.56. The Morgan fingerprint density at radius 1 is 0.417 bits per heavy atom. The van der Waals surface area contributed by atoms with E-state index in [-0.39, 0.29) is 0 Å². The molecule has 0 aliphatic heterocycles. The fourth-order valence-corrected chi connectivity index (χ4v) is 0.370. The van der Waals surface area contributed by atoms with Crippen LogP contribution in [0.3, 0.4) is 0 Å². The first-order chi connectivity index (χ1) is 6.00. The summed E-state index contributed by atoms with van der Waals surface area (Å²) in [4.78, 5) is 10.7. The first-order valence-corrected chi connectivity index (χ1v) is 2.98. The molecule has 2 heterocycles. The van der Waals surface area contributed by atoms with Crippen molar-refractivity contribution in [1.29, 1.82) is 0 Å². The van der Waals surface area contributed by atoms with Gasteiger partial charge in [0, 0.05) is 0 Å². The Hall–Kier alpha value is -2.05. The van der Waals surface area contributed by atoms with Crippen LogP contribution >= 0.6 is 0 Å². The van der Waals surface area contributed by atoms with Gasteiger partial charge in [-0.3, -0.25) is 0 Å². The van der Waals surface area contributed by atoms with Gasteiger partial charge in [0.05, 0.1) is 0 Å². The number of aromatic nitrogens is 7. The molecule has 0 radical (unpaired) electrons. The predicted octanol–water partition coefficient (Wildman–Crippen LogP) is -0.862. The van der Waals surface area contributed by atoms with E-state index in [0.29, 0.717) is 0 Å². The minimum Gasteiger partial charge on any atom is -0.225 e. The molecular formula is C5H5N7. The van der Waals surface area contributed by atoms with Gasteiger partial charge in [-0.1, -0.05) is 0 Å². The zero-order valence-electron chi connectivity index (χ0n) is 6.02. The molecule has 60 valence electrons. The number of hydrogen-bond acceptors (Lipinski definition) is 7. The highest BCUT2D eigenvalue weighted by Gasteiger charge is 1.61. The van der Waals surface area contributed by atoms with Crippen molar-refractivity contribution in [3.05, 3.63) is 31.6 Å². The van der Waals surface area contributed by atoms with Gasteiger partial charge in [0.25, 0.3) is 0 Å². The Morgan fingerprint density at radius 2 is 0.750 bits per heavy atom. The van der Waals surface area contributed by atoms with Gasteiger partial charge in [-0.15, -0.1) is 20.4 Å². The quantitative estimate of drug-likeness (QED) is 0.499. The van der Waals surface area contributed by atoms with Crippen LogP contribution in [0, 0.1) is 0 Å². The van der Waals surface area contributed by atoms with E-state index in [1.807, 2.05) is 0 Å². The maximum absolute atomic E-state index is 3.56. The molecule has 2 aromatic heterocycles. The van der Waals surface area contributed by atoms with Gasteiger partial charge in [0.2, 0.25) is 0 Å². The Morgan fingerprint density at radius 3 is 0.917 bits per heavy atom. The highest BCUT2D eigenvalue weighted by molar-refractivity contribution is 4.51. The number of rotatable bonds is 0. The van der Waals surface area contributed by atoms with Crippen molar-refractivity contribution in [2.75, 3.05) is 0 Å². The first-order valence-electron chi connectivity index (χ1n) is 2.98. The number of nitrogens with zero attached hydrogens (tertiary/aromatic N) is 7. The third-order valence-electron chi connectivity index (χ3n) is 0.740. The minimum absolute atomic E-state index is 1.28. The van der Waals surface area contributed by atoms with Gasteiger partial charge >= 0.3 is 0 Å². The molecule has 2 aromatic rings. The highest BCUT2D eigenvalue weighted by Crippen LogP contribution is 1.57. The molecule has 0 aliphatic carbocycles. The van der Waals surface area contributed by atoms with Crippen LogP contribution in [-0.4, -0.2) is 35.3 Å². The zero-order chi connectivity index (χ0) is 8.49. The van der Waals surface area contributed by atoms with E-state index in [2.05, 4.69) is 35.3 Å². The van der Waals surface area contributed by atoms with Crippen molar-refractivity contribution in [2.45, 2.75) is 0 Å². The molecule has 0 amide bonds. The monoisotopic (exact) mass is 163 g/mol. The Labute approximate surface area is 68.0 Å². The summed E-state index contributed by atoms with van der Waals surface area (Å²) < 4.78 is 0. The minimum atomic E-state index is 1.28. The highest BCUT2D eigenvalue weighted by atomic mass is 15.2. The van der Waals surface area contributed by atoms with E-state index in [0.717, 1.165) is 0 Å². The second-order valence-electron chi connectivity index (χ2n) is 1.49. The third-order valence-corrected chi connectivity index (χ3v) is 0.740. The lowest BCUT2D eigenvalue weighted by Gasteiger charge is -1.69. The summed E-state index contributed by atoms with van der Waals surface area (Å²) in [7, 11) is 0. The molecule has 0 saturated heterocycles. The van der Waals surface area contributed by atoms with Gasteiger partial charge < -0.3 is 0 Å². The fraction of sp³-hybridized carbons (Fsp3) is 0. The van der Waals surface area contributed by atoms with E-state index in [4.69, 9.17) is 0 Å². The van der Waals surface area contributed by atoms with Crippen LogP contribution in [0.1, 0.15) is 0 Å². The van der Waals surface area contributed by atoms with Crippen LogP contribution in [0.5, 0.6) is 0 Å². The molecule has 0 N–H and O–H groups in total. The smallest absolute Gasteiger partial charge is 0.160 e. The molecule has 0 saturated carbocycles. The predicted molar refractivity (Wildman–Crippen MR) is 37.4 cm³/mol. The summed E-state index contributed by atoms with van der Waals surface area (Å²) in [5.41, 5.74) is 0. The van der Waals surface area contributed by atoms with Gasteiger partial charge in [-0.25, -0.2) is 15.0 Å². The standard InChI is InChI=1S/C3H3N3.C2H2N4/c1-4-2-6-3-5-1;1-3-5-2-6-4-1/h1-3H;1-2H. The fourth-order valence-electron chi connectivity index (χ4n) is 0.370. The SMILES string of the molecule is c1ncncn1.c1nncnn1. The third kappa shape index (κ3) is 3.88. The van der Waals surface area contributed by atoms with Crippen molar-refractivity contribution in [1.82, 2.24) is 35.3 Å². The van der Waals surface area contributed by atoms with Crippen molar-refractivity contribution in [3.63, 3.8) is 0 Å². The van der Waals surface area contributed by atoms with Crippen molar-refractivity contribution < 1.29 is 0 Å². The lowest BCUT2D eigenvalue weighted by Crippen LogP contribution is -1.81.